The normalized spacial score (nSPS) is 15.1. The molecule has 0 unspecified atom stereocenters. The van der Waals surface area contributed by atoms with Crippen LogP contribution in [-0.4, -0.2) is 28.9 Å². The van der Waals surface area contributed by atoms with Crippen molar-refractivity contribution < 1.29 is 19.0 Å². The number of carbonyl (C=O) groups is 1. The van der Waals surface area contributed by atoms with Crippen molar-refractivity contribution in [2.24, 2.45) is 0 Å². The van der Waals surface area contributed by atoms with Crippen LogP contribution >= 0.6 is 0 Å². The van der Waals surface area contributed by atoms with Crippen LogP contribution < -0.4 is 5.56 Å². The van der Waals surface area contributed by atoms with E-state index in [1.807, 2.05) is 6.07 Å². The Balaban J connectivity index is 2.11. The van der Waals surface area contributed by atoms with E-state index in [-0.39, 0.29) is 18.1 Å². The van der Waals surface area contributed by atoms with Crippen LogP contribution in [0.3, 0.4) is 0 Å². The van der Waals surface area contributed by atoms with Gasteiger partial charge in [-0.25, -0.2) is 9.78 Å². The molecule has 0 amide bonds. The molecule has 2 heterocycles. The molecule has 0 saturated carbocycles. The molecule has 24 heavy (non-hydrogen) atoms. The van der Waals surface area contributed by atoms with Gasteiger partial charge in [0.25, 0.3) is 11.5 Å². The molecule has 0 aliphatic carbocycles. The van der Waals surface area contributed by atoms with Crippen LogP contribution in [0.5, 0.6) is 0 Å². The van der Waals surface area contributed by atoms with E-state index < -0.39 is 6.16 Å². The Kier molecular flexibility index (Phi) is 4.50. The van der Waals surface area contributed by atoms with Gasteiger partial charge in [0.2, 0.25) is 0 Å². The van der Waals surface area contributed by atoms with E-state index in [1.54, 1.807) is 36.6 Å². The van der Waals surface area contributed by atoms with Crippen molar-refractivity contribution in [2.45, 2.75) is 26.8 Å². The molecule has 0 spiro atoms. The topological polar surface area (TPSA) is 79.7 Å². The molecule has 2 aromatic rings. The zero-order chi connectivity index (χ0) is 17.1. The second-order valence-electron chi connectivity index (χ2n) is 5.14. The van der Waals surface area contributed by atoms with Crippen molar-refractivity contribution in [3.05, 3.63) is 46.4 Å². The van der Waals surface area contributed by atoms with Gasteiger partial charge in [0, 0.05) is 13.0 Å². The van der Waals surface area contributed by atoms with Crippen LogP contribution in [0.25, 0.3) is 16.5 Å². The third-order valence-corrected chi connectivity index (χ3v) is 3.68. The van der Waals surface area contributed by atoms with Gasteiger partial charge in [-0.2, -0.15) is 0 Å². The quantitative estimate of drug-likeness (QED) is 0.633. The van der Waals surface area contributed by atoms with E-state index in [4.69, 9.17) is 14.2 Å². The standard InChI is InChI=1S/C17H18N2O5/c1-3-22-16(24-17(21)23-4-2)12-9-10-19-14(12)18-13-8-6-5-7-11(13)15(19)20/h5-8H,3-4,9-10H2,1-2H3/b16-12+. The molecule has 0 atom stereocenters. The van der Waals surface area contributed by atoms with Gasteiger partial charge in [0.15, 0.2) is 0 Å². The van der Waals surface area contributed by atoms with Crippen LogP contribution in [0.15, 0.2) is 35.0 Å². The third kappa shape index (κ3) is 2.84. The summed E-state index contributed by atoms with van der Waals surface area (Å²) in [7, 11) is 0. The SMILES string of the molecule is CCOC(=O)O/C(OCC)=C1\CCn2c1nc1ccccc1c2=O. The Hall–Kier alpha value is -2.83. The molecule has 0 radical (unpaired) electrons. The highest BCUT2D eigenvalue weighted by atomic mass is 16.8. The number of benzene rings is 1. The first-order valence-electron chi connectivity index (χ1n) is 7.86. The summed E-state index contributed by atoms with van der Waals surface area (Å²) >= 11 is 0. The number of allylic oxidation sites excluding steroid dienone is 1. The molecule has 7 heteroatoms. The maximum absolute atomic E-state index is 12.6. The Morgan fingerprint density at radius 3 is 2.71 bits per heavy atom. The molecule has 7 nitrogen and oxygen atoms in total. The zero-order valence-electron chi connectivity index (χ0n) is 13.6. The Morgan fingerprint density at radius 1 is 1.21 bits per heavy atom. The minimum Gasteiger partial charge on any atom is -0.465 e. The summed E-state index contributed by atoms with van der Waals surface area (Å²) < 4.78 is 17.0. The van der Waals surface area contributed by atoms with Crippen LogP contribution in [0.4, 0.5) is 4.79 Å². The molecule has 1 aromatic heterocycles. The van der Waals surface area contributed by atoms with E-state index in [2.05, 4.69) is 4.98 Å². The van der Waals surface area contributed by atoms with Gasteiger partial charge >= 0.3 is 6.16 Å². The number of rotatable bonds is 4. The van der Waals surface area contributed by atoms with Gasteiger partial charge in [-0.15, -0.1) is 0 Å². The zero-order valence-corrected chi connectivity index (χ0v) is 13.6. The van der Waals surface area contributed by atoms with Gasteiger partial charge in [-0.3, -0.25) is 9.36 Å². The lowest BCUT2D eigenvalue weighted by molar-refractivity contribution is 0.0257. The lowest BCUT2D eigenvalue weighted by atomic mass is 10.2. The van der Waals surface area contributed by atoms with Crippen molar-refractivity contribution >= 4 is 22.6 Å². The number of hydrogen-bond acceptors (Lipinski definition) is 6. The highest BCUT2D eigenvalue weighted by molar-refractivity contribution is 5.80. The third-order valence-electron chi connectivity index (χ3n) is 3.68. The van der Waals surface area contributed by atoms with Gasteiger partial charge in [0.05, 0.1) is 29.7 Å². The van der Waals surface area contributed by atoms with E-state index in [0.717, 1.165) is 0 Å². The Morgan fingerprint density at radius 2 is 1.96 bits per heavy atom. The summed E-state index contributed by atoms with van der Waals surface area (Å²) in [4.78, 5) is 28.8. The second-order valence-corrected chi connectivity index (χ2v) is 5.14. The van der Waals surface area contributed by atoms with Crippen molar-refractivity contribution in [1.82, 2.24) is 9.55 Å². The van der Waals surface area contributed by atoms with Crippen molar-refractivity contribution in [3.8, 4) is 0 Å². The van der Waals surface area contributed by atoms with Crippen molar-refractivity contribution in [3.63, 3.8) is 0 Å². The number of nitrogens with zero attached hydrogens (tertiary/aromatic N) is 2. The van der Waals surface area contributed by atoms with E-state index in [1.165, 1.54) is 0 Å². The summed E-state index contributed by atoms with van der Waals surface area (Å²) in [6, 6.07) is 7.15. The summed E-state index contributed by atoms with van der Waals surface area (Å²) in [5, 5.41) is 0.562. The van der Waals surface area contributed by atoms with Crippen LogP contribution in [0, 0.1) is 0 Å². The molecule has 1 aromatic carbocycles. The predicted octanol–water partition coefficient (Wildman–Crippen LogP) is 2.68. The van der Waals surface area contributed by atoms with Crippen molar-refractivity contribution in [2.75, 3.05) is 13.2 Å². The maximum atomic E-state index is 12.6. The first kappa shape index (κ1) is 16.0. The molecular formula is C17H18N2O5. The number of ether oxygens (including phenoxy) is 3. The highest BCUT2D eigenvalue weighted by Gasteiger charge is 2.27. The first-order valence-corrected chi connectivity index (χ1v) is 7.86. The number of fused-ring (bicyclic) bond motifs is 2. The molecule has 3 rings (SSSR count). The minimum atomic E-state index is -0.838. The monoisotopic (exact) mass is 330 g/mol. The summed E-state index contributed by atoms with van der Waals surface area (Å²) in [6.07, 6.45) is -0.345. The molecule has 0 fully saturated rings. The molecule has 0 N–H and O–H groups in total. The predicted molar refractivity (Wildman–Crippen MR) is 87.3 cm³/mol. The second kappa shape index (κ2) is 6.74. The van der Waals surface area contributed by atoms with Crippen molar-refractivity contribution in [1.29, 1.82) is 0 Å². The summed E-state index contributed by atoms with van der Waals surface area (Å²) in [5.74, 6) is 0.510. The first-order chi connectivity index (χ1) is 11.7. The average molecular weight is 330 g/mol. The minimum absolute atomic E-state index is 0.0457. The van der Waals surface area contributed by atoms with Gasteiger partial charge in [-0.05, 0) is 26.0 Å². The molecule has 0 bridgehead atoms. The summed E-state index contributed by atoms with van der Waals surface area (Å²) in [5.41, 5.74) is 1.07. The van der Waals surface area contributed by atoms with E-state index >= 15 is 0 Å². The number of aromatic nitrogens is 2. The molecule has 126 valence electrons. The van der Waals surface area contributed by atoms with E-state index in [0.29, 0.717) is 41.9 Å². The lowest BCUT2D eigenvalue weighted by Crippen LogP contribution is -2.21. The molecule has 1 aliphatic heterocycles. The lowest BCUT2D eigenvalue weighted by Gasteiger charge is -2.12. The van der Waals surface area contributed by atoms with Crippen LogP contribution in [0.1, 0.15) is 26.1 Å². The summed E-state index contributed by atoms with van der Waals surface area (Å²) in [6.45, 7) is 4.45. The van der Waals surface area contributed by atoms with Gasteiger partial charge in [-0.1, -0.05) is 12.1 Å². The largest absolute Gasteiger partial charge is 0.516 e. The van der Waals surface area contributed by atoms with Gasteiger partial charge in [0.1, 0.15) is 5.82 Å². The fraction of sp³-hybridized carbons (Fsp3) is 0.353. The van der Waals surface area contributed by atoms with Crippen LogP contribution in [0.2, 0.25) is 0 Å². The molecular weight excluding hydrogens is 312 g/mol. The Bertz CT molecular complexity index is 869. The molecule has 0 saturated heterocycles. The molecule has 1 aliphatic rings. The van der Waals surface area contributed by atoms with Crippen LogP contribution in [-0.2, 0) is 20.8 Å². The number of para-hydroxylation sites is 1. The maximum Gasteiger partial charge on any atom is 0.516 e. The smallest absolute Gasteiger partial charge is 0.465 e. The van der Waals surface area contributed by atoms with Gasteiger partial charge < -0.3 is 14.2 Å². The Labute approximate surface area is 138 Å². The number of carbonyl (C=O) groups excluding carboxylic acids is 1. The average Bonchev–Trinajstić information content (AvgIpc) is 2.99. The number of hydrogen-bond donors (Lipinski definition) is 0. The fourth-order valence-electron chi connectivity index (χ4n) is 2.67. The highest BCUT2D eigenvalue weighted by Crippen LogP contribution is 2.29. The van der Waals surface area contributed by atoms with E-state index in [9.17, 15) is 9.59 Å². The fourth-order valence-corrected chi connectivity index (χ4v) is 2.67.